The van der Waals surface area contributed by atoms with Crippen molar-refractivity contribution in [1.29, 1.82) is 0 Å². The number of thiophene rings is 1. The number of hydrogen-bond acceptors (Lipinski definition) is 4. The molecule has 0 amide bonds. The molecule has 1 aromatic heterocycles. The second-order valence-electron chi connectivity index (χ2n) is 2.07. The molecule has 0 aromatic carbocycles. The molecule has 4 nitrogen and oxygen atoms in total. The van der Waals surface area contributed by atoms with Gasteiger partial charge in [0.05, 0.1) is 0 Å². The molecule has 12 heavy (non-hydrogen) atoms. The van der Waals surface area contributed by atoms with Crippen molar-refractivity contribution in [3.63, 3.8) is 0 Å². The number of rotatable bonds is 3. The fourth-order valence-corrected chi connectivity index (χ4v) is 2.11. The molecule has 1 rings (SSSR count). The van der Waals surface area contributed by atoms with Gasteiger partial charge in [-0.2, -0.15) is 19.8 Å². The maximum Gasteiger partial charge on any atom is 0.279 e. The van der Waals surface area contributed by atoms with E-state index in [0.29, 0.717) is 0 Å². The number of hydrogen-bond donors (Lipinski definition) is 1. The van der Waals surface area contributed by atoms with Gasteiger partial charge < -0.3 is 0 Å². The molecule has 0 bridgehead atoms. The van der Waals surface area contributed by atoms with Crippen LogP contribution in [0.2, 0.25) is 0 Å². The van der Waals surface area contributed by atoms with Crippen LogP contribution in [0.1, 0.15) is 10.8 Å². The van der Waals surface area contributed by atoms with Crippen LogP contribution in [-0.4, -0.2) is 19.3 Å². The maximum absolute atomic E-state index is 10.6. The average molecular weight is 205 g/mol. The number of carbonyl (C=O) groups excluding carboxylic acids is 1. The third-order valence-electron chi connectivity index (χ3n) is 1.25. The largest absolute Gasteiger partial charge is 0.289 e. The lowest BCUT2D eigenvalue weighted by Crippen LogP contribution is -2.12. The van der Waals surface area contributed by atoms with Crippen LogP contribution in [0.15, 0.2) is 16.8 Å². The summed E-state index contributed by atoms with van der Waals surface area (Å²) in [5.74, 6) is 0. The van der Waals surface area contributed by atoms with E-state index in [-0.39, 0.29) is 5.56 Å². The van der Waals surface area contributed by atoms with Crippen LogP contribution >= 0.6 is 11.3 Å². The van der Waals surface area contributed by atoms with Gasteiger partial charge in [-0.3, -0.25) is 9.35 Å². The first-order chi connectivity index (χ1) is 5.55. The molecule has 65 valence electrons. The Kier molecular flexibility index (Phi) is 2.61. The quantitative estimate of drug-likeness (QED) is 0.740. The zero-order valence-corrected chi connectivity index (χ0v) is 7.43. The molecule has 0 aliphatic rings. The molecular weight excluding hydrogens is 200 g/mol. The Labute approximate surface area is 73.6 Å². The van der Waals surface area contributed by atoms with Crippen molar-refractivity contribution >= 4 is 27.7 Å². The molecule has 1 aromatic rings. The first kappa shape index (κ1) is 9.37. The molecular formula is C6H5O4S2. The highest BCUT2D eigenvalue weighted by Crippen LogP contribution is 2.21. The van der Waals surface area contributed by atoms with Crippen molar-refractivity contribution in [3.8, 4) is 0 Å². The lowest BCUT2D eigenvalue weighted by atomic mass is 10.3. The molecule has 0 fully saturated rings. The molecule has 0 saturated carbocycles. The Balaban J connectivity index is 3.08. The first-order valence-electron chi connectivity index (χ1n) is 2.92. The topological polar surface area (TPSA) is 71.4 Å². The van der Waals surface area contributed by atoms with Crippen molar-refractivity contribution in [2.75, 3.05) is 0 Å². The van der Waals surface area contributed by atoms with E-state index in [9.17, 15) is 13.2 Å². The first-order valence-corrected chi connectivity index (χ1v) is 5.36. The van der Waals surface area contributed by atoms with Gasteiger partial charge in [0.15, 0.2) is 5.25 Å². The summed E-state index contributed by atoms with van der Waals surface area (Å²) >= 11 is 1.24. The normalized spacial score (nSPS) is 14.1. The predicted molar refractivity (Wildman–Crippen MR) is 44.3 cm³/mol. The van der Waals surface area contributed by atoms with Gasteiger partial charge in [-0.05, 0) is 22.4 Å². The van der Waals surface area contributed by atoms with Crippen molar-refractivity contribution in [2.45, 2.75) is 5.25 Å². The maximum atomic E-state index is 10.6. The zero-order chi connectivity index (χ0) is 9.19. The Hall–Kier alpha value is -0.720. The third-order valence-corrected chi connectivity index (χ3v) is 2.92. The summed E-state index contributed by atoms with van der Waals surface area (Å²) in [4.78, 5) is 10.2. The van der Waals surface area contributed by atoms with E-state index in [1.165, 1.54) is 29.1 Å². The van der Waals surface area contributed by atoms with Gasteiger partial charge in [0.1, 0.15) is 0 Å². The van der Waals surface area contributed by atoms with Crippen molar-refractivity contribution in [2.24, 2.45) is 0 Å². The van der Waals surface area contributed by atoms with E-state index in [4.69, 9.17) is 4.55 Å². The Morgan fingerprint density at radius 3 is 2.58 bits per heavy atom. The Morgan fingerprint density at radius 2 is 2.25 bits per heavy atom. The standard InChI is InChI=1S/C6H5O4S2/c7-3-6(12(8,9)10)5-1-2-11-4-5/h1-2,4,6H,(H,8,9,10). The van der Waals surface area contributed by atoms with Gasteiger partial charge in [-0.15, -0.1) is 0 Å². The molecule has 1 radical (unpaired) electrons. The van der Waals surface area contributed by atoms with Crippen molar-refractivity contribution in [3.05, 3.63) is 22.4 Å². The minimum absolute atomic E-state index is 0.248. The average Bonchev–Trinajstić information content (AvgIpc) is 2.38. The monoisotopic (exact) mass is 205 g/mol. The summed E-state index contributed by atoms with van der Waals surface area (Å²) in [6, 6.07) is 1.45. The van der Waals surface area contributed by atoms with Crippen LogP contribution in [0.5, 0.6) is 0 Å². The van der Waals surface area contributed by atoms with Crippen LogP contribution < -0.4 is 0 Å². The smallest absolute Gasteiger partial charge is 0.279 e. The van der Waals surface area contributed by atoms with Crippen molar-refractivity contribution in [1.82, 2.24) is 0 Å². The van der Waals surface area contributed by atoms with Gasteiger partial charge in [0.25, 0.3) is 10.1 Å². The minimum Gasteiger partial charge on any atom is -0.289 e. The highest BCUT2D eigenvalue weighted by Gasteiger charge is 2.25. The molecule has 0 spiro atoms. The molecule has 1 unspecified atom stereocenters. The summed E-state index contributed by atoms with van der Waals surface area (Å²) in [5, 5.41) is 1.53. The van der Waals surface area contributed by atoms with E-state index in [0.717, 1.165) is 0 Å². The van der Waals surface area contributed by atoms with Crippen LogP contribution in [0.25, 0.3) is 0 Å². The molecule has 1 heterocycles. The third kappa shape index (κ3) is 1.90. The highest BCUT2D eigenvalue weighted by molar-refractivity contribution is 7.86. The van der Waals surface area contributed by atoms with Gasteiger partial charge in [0.2, 0.25) is 6.29 Å². The Bertz CT molecular complexity index is 351. The SMILES string of the molecule is O=[C]C(c1ccsc1)S(=O)(=O)O. The van der Waals surface area contributed by atoms with E-state index < -0.39 is 15.4 Å². The van der Waals surface area contributed by atoms with Crippen LogP contribution in [0, 0.1) is 0 Å². The molecule has 1 atom stereocenters. The molecule has 0 aliphatic carbocycles. The molecule has 1 N–H and O–H groups in total. The van der Waals surface area contributed by atoms with Crippen LogP contribution in [-0.2, 0) is 14.9 Å². The van der Waals surface area contributed by atoms with E-state index in [1.54, 1.807) is 5.38 Å². The summed E-state index contributed by atoms with van der Waals surface area (Å²) in [5.41, 5.74) is 0.248. The van der Waals surface area contributed by atoms with Crippen LogP contribution in [0.3, 0.4) is 0 Å². The van der Waals surface area contributed by atoms with Crippen LogP contribution in [0.4, 0.5) is 0 Å². The molecule has 0 aliphatic heterocycles. The van der Waals surface area contributed by atoms with Gasteiger partial charge in [-0.25, -0.2) is 0 Å². The summed E-state index contributed by atoms with van der Waals surface area (Å²) < 4.78 is 29.7. The Morgan fingerprint density at radius 1 is 1.58 bits per heavy atom. The minimum atomic E-state index is -4.35. The second-order valence-corrected chi connectivity index (χ2v) is 4.35. The van der Waals surface area contributed by atoms with Crippen molar-refractivity contribution < 1.29 is 17.8 Å². The second kappa shape index (κ2) is 3.34. The van der Waals surface area contributed by atoms with E-state index in [2.05, 4.69) is 0 Å². The van der Waals surface area contributed by atoms with Gasteiger partial charge >= 0.3 is 0 Å². The molecule has 6 heteroatoms. The zero-order valence-electron chi connectivity index (χ0n) is 5.80. The fraction of sp³-hybridized carbons (Fsp3) is 0.167. The van der Waals surface area contributed by atoms with E-state index >= 15 is 0 Å². The lowest BCUT2D eigenvalue weighted by Gasteiger charge is -2.01. The predicted octanol–water partition coefficient (Wildman–Crippen LogP) is 0.787. The summed E-state index contributed by atoms with van der Waals surface area (Å²) in [7, 11) is -4.35. The highest BCUT2D eigenvalue weighted by atomic mass is 32.2. The summed E-state index contributed by atoms with van der Waals surface area (Å²) in [6.07, 6.45) is 1.26. The molecule has 0 saturated heterocycles. The van der Waals surface area contributed by atoms with E-state index in [1.807, 2.05) is 0 Å². The van der Waals surface area contributed by atoms with Gasteiger partial charge in [-0.1, -0.05) is 0 Å². The fourth-order valence-electron chi connectivity index (χ4n) is 0.725. The van der Waals surface area contributed by atoms with Gasteiger partial charge in [0, 0.05) is 0 Å². The lowest BCUT2D eigenvalue weighted by molar-refractivity contribution is 0.474. The summed E-state index contributed by atoms with van der Waals surface area (Å²) in [6.45, 7) is 0.